The summed E-state index contributed by atoms with van der Waals surface area (Å²) in [6.45, 7) is 6.63. The van der Waals surface area contributed by atoms with E-state index in [0.29, 0.717) is 0 Å². The summed E-state index contributed by atoms with van der Waals surface area (Å²) in [7, 11) is 0. The summed E-state index contributed by atoms with van der Waals surface area (Å²) < 4.78 is 17.2. The number of ether oxygens (including phenoxy) is 3. The fourth-order valence-corrected chi connectivity index (χ4v) is 3.27. The molecule has 23 heavy (non-hydrogen) atoms. The van der Waals surface area contributed by atoms with Crippen molar-refractivity contribution in [3.05, 3.63) is 65.7 Å². The third-order valence-corrected chi connectivity index (χ3v) is 4.46. The van der Waals surface area contributed by atoms with Gasteiger partial charge in [-0.15, -0.1) is 0 Å². The zero-order chi connectivity index (χ0) is 15.6. The SMILES string of the molecule is C=C1c2cc(C)ccc2Oc2cc3ccc4c(c3cc21)OCO4. The normalized spacial score (nSPS) is 14.4. The second-order valence-corrected chi connectivity index (χ2v) is 5.95. The van der Waals surface area contributed by atoms with E-state index in [2.05, 4.69) is 31.7 Å². The molecule has 2 heterocycles. The Labute approximate surface area is 133 Å². The Morgan fingerprint density at radius 1 is 0.870 bits per heavy atom. The van der Waals surface area contributed by atoms with Crippen LogP contribution < -0.4 is 14.2 Å². The van der Waals surface area contributed by atoms with Gasteiger partial charge in [0, 0.05) is 16.5 Å². The number of hydrogen-bond acceptors (Lipinski definition) is 3. The maximum absolute atomic E-state index is 6.10. The Bertz CT molecular complexity index is 1000. The van der Waals surface area contributed by atoms with Gasteiger partial charge in [-0.2, -0.15) is 0 Å². The van der Waals surface area contributed by atoms with Crippen molar-refractivity contribution in [2.75, 3.05) is 6.79 Å². The van der Waals surface area contributed by atoms with Crippen molar-refractivity contribution in [1.82, 2.24) is 0 Å². The van der Waals surface area contributed by atoms with E-state index in [1.807, 2.05) is 24.3 Å². The average Bonchev–Trinajstić information content (AvgIpc) is 3.03. The van der Waals surface area contributed by atoms with Gasteiger partial charge >= 0.3 is 0 Å². The quantitative estimate of drug-likeness (QED) is 0.455. The van der Waals surface area contributed by atoms with Gasteiger partial charge < -0.3 is 14.2 Å². The second-order valence-electron chi connectivity index (χ2n) is 5.95. The molecule has 0 amide bonds. The van der Waals surface area contributed by atoms with E-state index in [1.165, 1.54) is 5.56 Å². The maximum Gasteiger partial charge on any atom is 0.231 e. The number of aryl methyl sites for hydroxylation is 1. The highest BCUT2D eigenvalue weighted by molar-refractivity contribution is 5.98. The van der Waals surface area contributed by atoms with Gasteiger partial charge in [0.05, 0.1) is 0 Å². The van der Waals surface area contributed by atoms with Gasteiger partial charge in [0.1, 0.15) is 11.5 Å². The minimum absolute atomic E-state index is 0.269. The summed E-state index contributed by atoms with van der Waals surface area (Å²) >= 11 is 0. The van der Waals surface area contributed by atoms with Gasteiger partial charge in [0.2, 0.25) is 6.79 Å². The Hall–Kier alpha value is -2.94. The first-order valence-electron chi connectivity index (χ1n) is 7.55. The molecule has 112 valence electrons. The molecular weight excluding hydrogens is 288 g/mol. The Morgan fingerprint density at radius 2 is 1.70 bits per heavy atom. The molecule has 0 fully saturated rings. The van der Waals surface area contributed by atoms with Gasteiger partial charge in [-0.25, -0.2) is 0 Å². The highest BCUT2D eigenvalue weighted by Gasteiger charge is 2.24. The smallest absolute Gasteiger partial charge is 0.231 e. The van der Waals surface area contributed by atoms with Crippen LogP contribution in [0.4, 0.5) is 0 Å². The van der Waals surface area contributed by atoms with Crippen molar-refractivity contribution in [3.8, 4) is 23.0 Å². The highest BCUT2D eigenvalue weighted by Crippen LogP contribution is 2.47. The molecule has 0 bridgehead atoms. The summed E-state index contributed by atoms with van der Waals surface area (Å²) in [5.41, 5.74) is 4.21. The van der Waals surface area contributed by atoms with Crippen molar-refractivity contribution >= 4 is 16.3 Å². The average molecular weight is 302 g/mol. The van der Waals surface area contributed by atoms with Crippen molar-refractivity contribution < 1.29 is 14.2 Å². The van der Waals surface area contributed by atoms with Crippen LogP contribution in [-0.4, -0.2) is 6.79 Å². The molecule has 2 aliphatic rings. The van der Waals surface area contributed by atoms with Gasteiger partial charge in [-0.3, -0.25) is 0 Å². The molecule has 3 aromatic rings. The number of benzene rings is 3. The summed E-state index contributed by atoms with van der Waals surface area (Å²) in [5, 5.41) is 2.09. The minimum atomic E-state index is 0.269. The Morgan fingerprint density at radius 3 is 2.61 bits per heavy atom. The topological polar surface area (TPSA) is 27.7 Å². The lowest BCUT2D eigenvalue weighted by Crippen LogP contribution is -2.02. The van der Waals surface area contributed by atoms with Crippen LogP contribution in [0.25, 0.3) is 16.3 Å². The van der Waals surface area contributed by atoms with E-state index < -0.39 is 0 Å². The first kappa shape index (κ1) is 12.6. The summed E-state index contributed by atoms with van der Waals surface area (Å²) in [6.07, 6.45) is 0. The van der Waals surface area contributed by atoms with Crippen LogP contribution in [0.5, 0.6) is 23.0 Å². The Balaban J connectivity index is 1.77. The lowest BCUT2D eigenvalue weighted by Gasteiger charge is -2.23. The highest BCUT2D eigenvalue weighted by atomic mass is 16.7. The number of fused-ring (bicyclic) bond motifs is 5. The first-order valence-corrected chi connectivity index (χ1v) is 7.55. The molecule has 0 N–H and O–H groups in total. The standard InChI is InChI=1S/C20H14O3/c1-11-3-5-17-14(7-11)12(2)15-9-16-13(8-19(15)23-17)4-6-18-20(16)22-10-21-18/h3-9H,2,10H2,1H3. The molecule has 2 aliphatic heterocycles. The van der Waals surface area contributed by atoms with Crippen LogP contribution in [0.1, 0.15) is 16.7 Å². The Kier molecular flexibility index (Phi) is 2.35. The van der Waals surface area contributed by atoms with E-state index in [4.69, 9.17) is 14.2 Å². The third-order valence-electron chi connectivity index (χ3n) is 4.46. The van der Waals surface area contributed by atoms with E-state index >= 15 is 0 Å². The van der Waals surface area contributed by atoms with Crippen LogP contribution in [0, 0.1) is 6.92 Å². The molecule has 3 heteroatoms. The van der Waals surface area contributed by atoms with Crippen LogP contribution in [0.15, 0.2) is 49.0 Å². The molecular formula is C20H14O3. The van der Waals surface area contributed by atoms with E-state index in [9.17, 15) is 0 Å². The van der Waals surface area contributed by atoms with Gasteiger partial charge in [0.25, 0.3) is 0 Å². The fraction of sp³-hybridized carbons (Fsp3) is 0.100. The van der Waals surface area contributed by atoms with Crippen molar-refractivity contribution in [2.45, 2.75) is 6.92 Å². The first-order chi connectivity index (χ1) is 11.2. The minimum Gasteiger partial charge on any atom is -0.456 e. The van der Waals surface area contributed by atoms with E-state index in [0.717, 1.165) is 50.5 Å². The molecule has 0 spiro atoms. The molecule has 0 unspecified atom stereocenters. The maximum atomic E-state index is 6.10. The predicted octanol–water partition coefficient (Wildman–Crippen LogP) is 5.04. The van der Waals surface area contributed by atoms with E-state index in [-0.39, 0.29) is 6.79 Å². The largest absolute Gasteiger partial charge is 0.456 e. The van der Waals surface area contributed by atoms with Crippen LogP contribution in [0.3, 0.4) is 0 Å². The van der Waals surface area contributed by atoms with Crippen molar-refractivity contribution in [1.29, 1.82) is 0 Å². The summed E-state index contributed by atoms with van der Waals surface area (Å²) in [4.78, 5) is 0. The molecule has 0 atom stereocenters. The van der Waals surface area contributed by atoms with Gasteiger partial charge in [-0.1, -0.05) is 24.3 Å². The summed E-state index contributed by atoms with van der Waals surface area (Å²) in [5.74, 6) is 3.27. The van der Waals surface area contributed by atoms with Gasteiger partial charge in [-0.05, 0) is 48.2 Å². The van der Waals surface area contributed by atoms with Crippen LogP contribution in [0.2, 0.25) is 0 Å². The zero-order valence-corrected chi connectivity index (χ0v) is 12.7. The lowest BCUT2D eigenvalue weighted by molar-refractivity contribution is 0.175. The zero-order valence-electron chi connectivity index (χ0n) is 12.7. The monoisotopic (exact) mass is 302 g/mol. The molecule has 3 aromatic carbocycles. The number of hydrogen-bond donors (Lipinski definition) is 0. The molecule has 3 nitrogen and oxygen atoms in total. The second kappa shape index (κ2) is 4.29. The van der Waals surface area contributed by atoms with Crippen molar-refractivity contribution in [2.24, 2.45) is 0 Å². The summed E-state index contributed by atoms with van der Waals surface area (Å²) in [6, 6.07) is 14.3. The molecule has 0 saturated heterocycles. The third kappa shape index (κ3) is 1.70. The number of rotatable bonds is 0. The molecule has 0 aromatic heterocycles. The predicted molar refractivity (Wildman–Crippen MR) is 89.5 cm³/mol. The molecule has 5 rings (SSSR count). The van der Waals surface area contributed by atoms with Crippen molar-refractivity contribution in [3.63, 3.8) is 0 Å². The molecule has 0 aliphatic carbocycles. The van der Waals surface area contributed by atoms with Crippen LogP contribution >= 0.6 is 0 Å². The van der Waals surface area contributed by atoms with E-state index in [1.54, 1.807) is 0 Å². The van der Waals surface area contributed by atoms with Crippen LogP contribution in [-0.2, 0) is 0 Å². The lowest BCUT2D eigenvalue weighted by atomic mass is 9.92. The molecule has 0 saturated carbocycles. The fourth-order valence-electron chi connectivity index (χ4n) is 3.27. The van der Waals surface area contributed by atoms with Gasteiger partial charge in [0.15, 0.2) is 11.5 Å². The molecule has 0 radical (unpaired) electrons.